The zero-order chi connectivity index (χ0) is 16.3. The summed E-state index contributed by atoms with van der Waals surface area (Å²) in [7, 11) is 0. The van der Waals surface area contributed by atoms with Gasteiger partial charge in [0.2, 0.25) is 0 Å². The highest BCUT2D eigenvalue weighted by Crippen LogP contribution is 2.29. The first-order valence-corrected chi connectivity index (χ1v) is 7.76. The Hall–Kier alpha value is -1.72. The number of halogens is 2. The summed E-state index contributed by atoms with van der Waals surface area (Å²) in [5, 5.41) is 13.0. The third kappa shape index (κ3) is 4.15. The molecule has 0 aromatic heterocycles. The van der Waals surface area contributed by atoms with Crippen LogP contribution in [0, 0.1) is 6.92 Å². The van der Waals surface area contributed by atoms with E-state index in [9.17, 15) is 9.90 Å². The molecule has 2 N–H and O–H groups in total. The summed E-state index contributed by atoms with van der Waals surface area (Å²) in [4.78, 5) is 12.1. The molecule has 1 unspecified atom stereocenters. The van der Waals surface area contributed by atoms with E-state index in [1.807, 2.05) is 6.92 Å². The van der Waals surface area contributed by atoms with Crippen molar-refractivity contribution in [2.24, 2.45) is 0 Å². The van der Waals surface area contributed by atoms with Crippen molar-refractivity contribution >= 4 is 39.1 Å². The number of nitrogens with one attached hydrogen (secondary N) is 1. The Kier molecular flexibility index (Phi) is 5.32. The fraction of sp³-hybridized carbons (Fsp3) is 0.188. The Morgan fingerprint density at radius 2 is 2.05 bits per heavy atom. The number of phenols is 1. The van der Waals surface area contributed by atoms with Crippen LogP contribution in [0.3, 0.4) is 0 Å². The molecule has 0 aliphatic heterocycles. The van der Waals surface area contributed by atoms with Crippen LogP contribution < -0.4 is 10.1 Å². The average molecular weight is 385 g/mol. The number of carbonyl (C=O) groups excluding carboxylic acids is 1. The summed E-state index contributed by atoms with van der Waals surface area (Å²) >= 11 is 9.19. The SMILES string of the molecule is Cc1ccc(NC(=O)C(C)Oc2ccc(Cl)cc2Br)c(O)c1. The van der Waals surface area contributed by atoms with Crippen molar-refractivity contribution in [3.8, 4) is 11.5 Å². The number of hydrogen-bond acceptors (Lipinski definition) is 3. The van der Waals surface area contributed by atoms with Crippen LogP contribution >= 0.6 is 27.5 Å². The van der Waals surface area contributed by atoms with E-state index in [0.717, 1.165) is 5.56 Å². The van der Waals surface area contributed by atoms with Crippen molar-refractivity contribution in [1.82, 2.24) is 0 Å². The predicted octanol–water partition coefficient (Wildman–Crippen LogP) is 4.52. The molecule has 0 bridgehead atoms. The lowest BCUT2D eigenvalue weighted by molar-refractivity contribution is -0.122. The minimum atomic E-state index is -0.738. The maximum absolute atomic E-state index is 12.1. The van der Waals surface area contributed by atoms with E-state index in [4.69, 9.17) is 16.3 Å². The van der Waals surface area contributed by atoms with Crippen LogP contribution in [-0.2, 0) is 4.79 Å². The van der Waals surface area contributed by atoms with E-state index in [2.05, 4.69) is 21.2 Å². The van der Waals surface area contributed by atoms with Gasteiger partial charge in [0.05, 0.1) is 10.2 Å². The molecule has 6 heteroatoms. The van der Waals surface area contributed by atoms with Crippen LogP contribution in [0.25, 0.3) is 0 Å². The first kappa shape index (κ1) is 16.6. The molecule has 1 atom stereocenters. The molecule has 2 rings (SSSR count). The molecule has 0 aliphatic carbocycles. The molecular formula is C16H15BrClNO3. The van der Waals surface area contributed by atoms with E-state index in [-0.39, 0.29) is 11.7 Å². The van der Waals surface area contributed by atoms with Gasteiger partial charge in [-0.2, -0.15) is 0 Å². The molecule has 22 heavy (non-hydrogen) atoms. The lowest BCUT2D eigenvalue weighted by Gasteiger charge is -2.16. The Balaban J connectivity index is 2.05. The number of rotatable bonds is 4. The van der Waals surface area contributed by atoms with Crippen molar-refractivity contribution < 1.29 is 14.6 Å². The fourth-order valence-electron chi connectivity index (χ4n) is 1.80. The highest BCUT2D eigenvalue weighted by atomic mass is 79.9. The standard InChI is InChI=1S/C16H15BrClNO3/c1-9-3-5-13(14(20)7-9)19-16(21)10(2)22-15-6-4-11(18)8-12(15)17/h3-8,10,20H,1-2H3,(H,19,21). The largest absolute Gasteiger partial charge is 0.506 e. The molecule has 4 nitrogen and oxygen atoms in total. The Bertz CT molecular complexity index is 706. The normalized spacial score (nSPS) is 11.8. The van der Waals surface area contributed by atoms with Crippen molar-refractivity contribution in [2.45, 2.75) is 20.0 Å². The van der Waals surface area contributed by atoms with Gasteiger partial charge in [0.25, 0.3) is 5.91 Å². The smallest absolute Gasteiger partial charge is 0.265 e. The van der Waals surface area contributed by atoms with Crippen LogP contribution in [0.5, 0.6) is 11.5 Å². The molecule has 0 spiro atoms. The maximum atomic E-state index is 12.1. The van der Waals surface area contributed by atoms with Gasteiger partial charge in [-0.1, -0.05) is 17.7 Å². The van der Waals surface area contributed by atoms with Gasteiger partial charge in [0.15, 0.2) is 6.10 Å². The van der Waals surface area contributed by atoms with Crippen molar-refractivity contribution in [3.63, 3.8) is 0 Å². The van der Waals surface area contributed by atoms with E-state index < -0.39 is 6.10 Å². The minimum Gasteiger partial charge on any atom is -0.506 e. The zero-order valence-electron chi connectivity index (χ0n) is 12.1. The molecule has 116 valence electrons. The summed E-state index contributed by atoms with van der Waals surface area (Å²) in [5.41, 5.74) is 1.26. The number of hydrogen-bond donors (Lipinski definition) is 2. The van der Waals surface area contributed by atoms with Gasteiger partial charge in [-0.3, -0.25) is 4.79 Å². The second kappa shape index (κ2) is 7.03. The lowest BCUT2D eigenvalue weighted by atomic mass is 10.2. The third-order valence-corrected chi connectivity index (χ3v) is 3.83. The summed E-state index contributed by atoms with van der Waals surface area (Å²) in [6, 6.07) is 10.1. The molecule has 2 aromatic rings. The van der Waals surface area contributed by atoms with E-state index in [1.54, 1.807) is 43.3 Å². The summed E-state index contributed by atoms with van der Waals surface area (Å²) in [5.74, 6) is 0.175. The molecule has 0 heterocycles. The lowest BCUT2D eigenvalue weighted by Crippen LogP contribution is -2.30. The molecule has 0 fully saturated rings. The monoisotopic (exact) mass is 383 g/mol. The second-order valence-corrected chi connectivity index (χ2v) is 6.14. The number of carbonyl (C=O) groups is 1. The van der Waals surface area contributed by atoms with E-state index in [1.165, 1.54) is 0 Å². The quantitative estimate of drug-likeness (QED) is 0.762. The van der Waals surface area contributed by atoms with Gasteiger partial charge < -0.3 is 15.2 Å². The Labute approximate surface area is 142 Å². The molecule has 2 aromatic carbocycles. The van der Waals surface area contributed by atoms with Crippen LogP contribution in [-0.4, -0.2) is 17.1 Å². The zero-order valence-corrected chi connectivity index (χ0v) is 14.4. The molecule has 0 saturated heterocycles. The summed E-state index contributed by atoms with van der Waals surface area (Å²) in [6.07, 6.45) is -0.738. The molecule has 0 aliphatic rings. The van der Waals surface area contributed by atoms with Crippen LogP contribution in [0.1, 0.15) is 12.5 Å². The Morgan fingerprint density at radius 3 is 2.68 bits per heavy atom. The number of benzene rings is 2. The average Bonchev–Trinajstić information content (AvgIpc) is 2.44. The molecule has 0 radical (unpaired) electrons. The predicted molar refractivity (Wildman–Crippen MR) is 90.7 cm³/mol. The van der Waals surface area contributed by atoms with Crippen molar-refractivity contribution in [3.05, 3.63) is 51.5 Å². The Morgan fingerprint density at radius 1 is 1.32 bits per heavy atom. The number of aromatic hydroxyl groups is 1. The number of amides is 1. The second-order valence-electron chi connectivity index (χ2n) is 4.84. The summed E-state index contributed by atoms with van der Waals surface area (Å²) in [6.45, 7) is 3.48. The first-order valence-electron chi connectivity index (χ1n) is 6.59. The van der Waals surface area contributed by atoms with Gasteiger partial charge in [-0.15, -0.1) is 0 Å². The topological polar surface area (TPSA) is 58.6 Å². The number of anilines is 1. The van der Waals surface area contributed by atoms with Gasteiger partial charge >= 0.3 is 0 Å². The molecular weight excluding hydrogens is 370 g/mol. The molecule has 0 saturated carbocycles. The fourth-order valence-corrected chi connectivity index (χ4v) is 2.57. The van der Waals surface area contributed by atoms with Gasteiger partial charge in [-0.25, -0.2) is 0 Å². The maximum Gasteiger partial charge on any atom is 0.265 e. The van der Waals surface area contributed by atoms with Crippen LogP contribution in [0.2, 0.25) is 5.02 Å². The van der Waals surface area contributed by atoms with Crippen molar-refractivity contribution in [2.75, 3.05) is 5.32 Å². The van der Waals surface area contributed by atoms with Gasteiger partial charge in [0.1, 0.15) is 11.5 Å². The van der Waals surface area contributed by atoms with Gasteiger partial charge in [-0.05, 0) is 65.7 Å². The summed E-state index contributed by atoms with van der Waals surface area (Å²) < 4.78 is 6.26. The number of ether oxygens (including phenoxy) is 1. The highest BCUT2D eigenvalue weighted by Gasteiger charge is 2.17. The highest BCUT2D eigenvalue weighted by molar-refractivity contribution is 9.10. The van der Waals surface area contributed by atoms with Crippen molar-refractivity contribution in [1.29, 1.82) is 0 Å². The number of phenolic OH excluding ortho intramolecular Hbond substituents is 1. The molecule has 1 amide bonds. The van der Waals surface area contributed by atoms with Crippen LogP contribution in [0.4, 0.5) is 5.69 Å². The van der Waals surface area contributed by atoms with E-state index >= 15 is 0 Å². The third-order valence-electron chi connectivity index (χ3n) is 2.98. The minimum absolute atomic E-state index is 0.0215. The van der Waals surface area contributed by atoms with Gasteiger partial charge in [0, 0.05) is 5.02 Å². The number of aryl methyl sites for hydroxylation is 1. The van der Waals surface area contributed by atoms with Crippen LogP contribution in [0.15, 0.2) is 40.9 Å². The first-order chi connectivity index (χ1) is 10.4. The van der Waals surface area contributed by atoms with E-state index in [0.29, 0.717) is 20.9 Å².